The van der Waals surface area contributed by atoms with E-state index < -0.39 is 0 Å². The largest absolute Gasteiger partial charge is 0.484 e. The maximum absolute atomic E-state index is 11.6. The SMILES string of the molecule is CC(C)(CCO)CNC(=O)COc1ccc(Br)cc1. The van der Waals surface area contributed by atoms with Crippen molar-refractivity contribution in [3.8, 4) is 5.75 Å². The fourth-order valence-corrected chi connectivity index (χ4v) is 1.72. The number of carbonyl (C=O) groups excluding carboxylic acids is 1. The van der Waals surface area contributed by atoms with Crippen molar-refractivity contribution in [1.29, 1.82) is 0 Å². The molecule has 0 radical (unpaired) electrons. The Morgan fingerprint density at radius 2 is 2.00 bits per heavy atom. The first-order chi connectivity index (χ1) is 8.93. The van der Waals surface area contributed by atoms with Crippen molar-refractivity contribution in [2.45, 2.75) is 20.3 Å². The maximum atomic E-state index is 11.6. The van der Waals surface area contributed by atoms with E-state index in [4.69, 9.17) is 9.84 Å². The highest BCUT2D eigenvalue weighted by Gasteiger charge is 2.18. The van der Waals surface area contributed by atoms with E-state index >= 15 is 0 Å². The summed E-state index contributed by atoms with van der Waals surface area (Å²) in [6.45, 7) is 4.64. The molecule has 1 aromatic carbocycles. The summed E-state index contributed by atoms with van der Waals surface area (Å²) in [5.74, 6) is 0.502. The Balaban J connectivity index is 2.30. The number of nitrogens with one attached hydrogen (secondary N) is 1. The first kappa shape index (κ1) is 16.0. The summed E-state index contributed by atoms with van der Waals surface area (Å²) in [7, 11) is 0. The molecular formula is C14H20BrNO3. The molecule has 0 bridgehead atoms. The van der Waals surface area contributed by atoms with Gasteiger partial charge in [0.05, 0.1) is 0 Å². The van der Waals surface area contributed by atoms with Crippen molar-refractivity contribution >= 4 is 21.8 Å². The van der Waals surface area contributed by atoms with Gasteiger partial charge >= 0.3 is 0 Å². The predicted molar refractivity (Wildman–Crippen MR) is 78.1 cm³/mol. The van der Waals surface area contributed by atoms with Gasteiger partial charge in [-0.05, 0) is 36.1 Å². The maximum Gasteiger partial charge on any atom is 0.257 e. The molecule has 19 heavy (non-hydrogen) atoms. The number of halogens is 1. The average molecular weight is 330 g/mol. The topological polar surface area (TPSA) is 58.6 Å². The Hall–Kier alpha value is -1.07. The van der Waals surface area contributed by atoms with Crippen molar-refractivity contribution in [2.75, 3.05) is 19.8 Å². The molecule has 1 amide bonds. The number of aliphatic hydroxyl groups is 1. The molecule has 2 N–H and O–H groups in total. The van der Waals surface area contributed by atoms with Crippen LogP contribution >= 0.6 is 15.9 Å². The van der Waals surface area contributed by atoms with Gasteiger partial charge in [-0.2, -0.15) is 0 Å². The van der Waals surface area contributed by atoms with Crippen molar-refractivity contribution in [1.82, 2.24) is 5.32 Å². The van der Waals surface area contributed by atoms with E-state index in [0.717, 1.165) is 4.47 Å². The summed E-state index contributed by atoms with van der Waals surface area (Å²) < 4.78 is 6.33. The van der Waals surface area contributed by atoms with E-state index in [9.17, 15) is 4.79 Å². The van der Waals surface area contributed by atoms with Gasteiger partial charge in [0.1, 0.15) is 5.75 Å². The van der Waals surface area contributed by atoms with Gasteiger partial charge in [-0.1, -0.05) is 29.8 Å². The Kier molecular flexibility index (Phi) is 6.31. The van der Waals surface area contributed by atoms with E-state index in [1.54, 1.807) is 12.1 Å². The second-order valence-corrected chi connectivity index (χ2v) is 6.07. The summed E-state index contributed by atoms with van der Waals surface area (Å²) in [6.07, 6.45) is 0.654. The van der Waals surface area contributed by atoms with E-state index in [1.807, 2.05) is 26.0 Å². The zero-order valence-electron chi connectivity index (χ0n) is 11.3. The minimum Gasteiger partial charge on any atom is -0.484 e. The second-order valence-electron chi connectivity index (χ2n) is 5.16. The van der Waals surface area contributed by atoms with Crippen LogP contribution in [0.2, 0.25) is 0 Å². The zero-order valence-corrected chi connectivity index (χ0v) is 12.9. The lowest BCUT2D eigenvalue weighted by atomic mass is 9.90. The summed E-state index contributed by atoms with van der Waals surface area (Å²) in [6, 6.07) is 7.31. The molecular weight excluding hydrogens is 310 g/mol. The molecule has 5 heteroatoms. The number of amides is 1. The van der Waals surface area contributed by atoms with Gasteiger partial charge in [0.2, 0.25) is 0 Å². The second kappa shape index (κ2) is 7.50. The molecule has 0 aliphatic rings. The monoisotopic (exact) mass is 329 g/mol. The standard InChI is InChI=1S/C14H20BrNO3/c1-14(2,7-8-17)10-16-13(18)9-19-12-5-3-11(15)4-6-12/h3-6,17H,7-10H2,1-2H3,(H,16,18). The van der Waals surface area contributed by atoms with Gasteiger partial charge < -0.3 is 15.2 Å². The van der Waals surface area contributed by atoms with Crippen LogP contribution in [-0.2, 0) is 4.79 Å². The minimum absolute atomic E-state index is 0.00314. The van der Waals surface area contributed by atoms with Gasteiger partial charge in [-0.3, -0.25) is 4.79 Å². The molecule has 0 heterocycles. The molecule has 106 valence electrons. The van der Waals surface area contributed by atoms with Gasteiger partial charge in [0.25, 0.3) is 5.91 Å². The molecule has 1 aromatic rings. The number of hydrogen-bond acceptors (Lipinski definition) is 3. The van der Waals surface area contributed by atoms with E-state index in [2.05, 4.69) is 21.2 Å². The smallest absolute Gasteiger partial charge is 0.257 e. The Morgan fingerprint density at radius 3 is 2.58 bits per heavy atom. The zero-order chi connectivity index (χ0) is 14.3. The number of carbonyl (C=O) groups is 1. The van der Waals surface area contributed by atoms with Crippen LogP contribution in [0.1, 0.15) is 20.3 Å². The molecule has 0 spiro atoms. The molecule has 4 nitrogen and oxygen atoms in total. The fourth-order valence-electron chi connectivity index (χ4n) is 1.46. The van der Waals surface area contributed by atoms with Crippen molar-refractivity contribution in [3.05, 3.63) is 28.7 Å². The molecule has 0 fully saturated rings. The van der Waals surface area contributed by atoms with Crippen LogP contribution in [0.25, 0.3) is 0 Å². The van der Waals surface area contributed by atoms with Crippen LogP contribution in [0.4, 0.5) is 0 Å². The minimum atomic E-state index is -0.158. The van der Waals surface area contributed by atoms with Crippen LogP contribution < -0.4 is 10.1 Å². The summed E-state index contributed by atoms with van der Waals surface area (Å²) in [5, 5.41) is 11.7. The Morgan fingerprint density at radius 1 is 1.37 bits per heavy atom. The molecule has 0 aromatic heterocycles. The first-order valence-electron chi connectivity index (χ1n) is 6.19. The van der Waals surface area contributed by atoms with Crippen LogP contribution in [0, 0.1) is 5.41 Å². The number of benzene rings is 1. The highest BCUT2D eigenvalue weighted by Crippen LogP contribution is 2.18. The number of aliphatic hydroxyl groups excluding tert-OH is 1. The number of hydrogen-bond donors (Lipinski definition) is 2. The van der Waals surface area contributed by atoms with Gasteiger partial charge in [0.15, 0.2) is 6.61 Å². The van der Waals surface area contributed by atoms with E-state index in [-0.39, 0.29) is 24.5 Å². The third-order valence-electron chi connectivity index (χ3n) is 2.74. The Labute approximate surface area is 122 Å². The van der Waals surface area contributed by atoms with Crippen LogP contribution in [0.5, 0.6) is 5.75 Å². The molecule has 0 aliphatic heterocycles. The van der Waals surface area contributed by atoms with Crippen LogP contribution in [0.3, 0.4) is 0 Å². The van der Waals surface area contributed by atoms with Gasteiger partial charge in [0, 0.05) is 17.6 Å². The highest BCUT2D eigenvalue weighted by atomic mass is 79.9. The summed E-state index contributed by atoms with van der Waals surface area (Å²) in [4.78, 5) is 11.6. The van der Waals surface area contributed by atoms with Crippen LogP contribution in [-0.4, -0.2) is 30.8 Å². The third kappa shape index (κ3) is 6.59. The number of ether oxygens (including phenoxy) is 1. The van der Waals surface area contributed by atoms with E-state index in [0.29, 0.717) is 18.7 Å². The van der Waals surface area contributed by atoms with Crippen molar-refractivity contribution < 1.29 is 14.6 Å². The summed E-state index contributed by atoms with van der Waals surface area (Å²) in [5.41, 5.74) is -0.109. The van der Waals surface area contributed by atoms with Gasteiger partial charge in [-0.25, -0.2) is 0 Å². The van der Waals surface area contributed by atoms with Crippen LogP contribution in [0.15, 0.2) is 28.7 Å². The normalized spacial score (nSPS) is 11.2. The molecule has 0 saturated carbocycles. The molecule has 0 atom stereocenters. The van der Waals surface area contributed by atoms with Crippen molar-refractivity contribution in [3.63, 3.8) is 0 Å². The lowest BCUT2D eigenvalue weighted by molar-refractivity contribution is -0.123. The average Bonchev–Trinajstić information content (AvgIpc) is 2.36. The van der Waals surface area contributed by atoms with Crippen molar-refractivity contribution in [2.24, 2.45) is 5.41 Å². The third-order valence-corrected chi connectivity index (χ3v) is 3.26. The summed E-state index contributed by atoms with van der Waals surface area (Å²) >= 11 is 3.33. The molecule has 1 rings (SSSR count). The quantitative estimate of drug-likeness (QED) is 0.807. The Bertz CT molecular complexity index is 404. The lowest BCUT2D eigenvalue weighted by Gasteiger charge is -2.23. The number of rotatable bonds is 7. The first-order valence-corrected chi connectivity index (χ1v) is 6.98. The lowest BCUT2D eigenvalue weighted by Crippen LogP contribution is -2.37. The fraction of sp³-hybridized carbons (Fsp3) is 0.500. The van der Waals surface area contributed by atoms with E-state index in [1.165, 1.54) is 0 Å². The molecule has 0 saturated heterocycles. The highest BCUT2D eigenvalue weighted by molar-refractivity contribution is 9.10. The molecule has 0 aliphatic carbocycles. The van der Waals surface area contributed by atoms with Gasteiger partial charge in [-0.15, -0.1) is 0 Å². The molecule has 0 unspecified atom stereocenters. The predicted octanol–water partition coefficient (Wildman–Crippen LogP) is 2.35.